The highest BCUT2D eigenvalue weighted by molar-refractivity contribution is 7.92. The van der Waals surface area contributed by atoms with E-state index in [1.54, 1.807) is 13.0 Å². The standard InChI is InChI=1S/C14H10Cl2N2O2S/c1-9-6-13(16)14(7-12(9)15)18-21(19,20)11-4-2-10(8-17)3-5-11/h2-7,18H,1H3. The van der Waals surface area contributed by atoms with Crippen LogP contribution >= 0.6 is 23.2 Å². The van der Waals surface area contributed by atoms with Crippen molar-refractivity contribution in [1.82, 2.24) is 0 Å². The maximum Gasteiger partial charge on any atom is 0.261 e. The number of aryl methyl sites for hydroxylation is 1. The number of rotatable bonds is 3. The molecule has 2 aromatic rings. The van der Waals surface area contributed by atoms with Gasteiger partial charge >= 0.3 is 0 Å². The Morgan fingerprint density at radius 1 is 1.10 bits per heavy atom. The van der Waals surface area contributed by atoms with Crippen LogP contribution in [0.2, 0.25) is 10.0 Å². The van der Waals surface area contributed by atoms with E-state index < -0.39 is 10.0 Å². The molecule has 0 bridgehead atoms. The maximum absolute atomic E-state index is 12.3. The molecule has 0 aliphatic rings. The summed E-state index contributed by atoms with van der Waals surface area (Å²) in [5.74, 6) is 0. The Morgan fingerprint density at radius 3 is 2.29 bits per heavy atom. The third kappa shape index (κ3) is 3.48. The van der Waals surface area contributed by atoms with Gasteiger partial charge in [-0.15, -0.1) is 0 Å². The quantitative estimate of drug-likeness (QED) is 0.918. The van der Waals surface area contributed by atoms with Gasteiger partial charge in [0, 0.05) is 5.02 Å². The molecule has 2 rings (SSSR count). The summed E-state index contributed by atoms with van der Waals surface area (Å²) in [7, 11) is -3.79. The molecule has 0 amide bonds. The van der Waals surface area contributed by atoms with Crippen molar-refractivity contribution in [3.05, 3.63) is 57.6 Å². The van der Waals surface area contributed by atoms with Crippen LogP contribution in [-0.2, 0) is 10.0 Å². The minimum Gasteiger partial charge on any atom is -0.278 e. The number of nitriles is 1. The van der Waals surface area contributed by atoms with Gasteiger partial charge in [-0.25, -0.2) is 8.42 Å². The Balaban J connectivity index is 2.37. The molecule has 0 atom stereocenters. The zero-order valence-corrected chi connectivity index (χ0v) is 13.2. The van der Waals surface area contributed by atoms with E-state index in [0.717, 1.165) is 5.56 Å². The van der Waals surface area contributed by atoms with Gasteiger partial charge in [0.15, 0.2) is 0 Å². The summed E-state index contributed by atoms with van der Waals surface area (Å²) in [6.45, 7) is 1.77. The molecule has 0 aliphatic heterocycles. The van der Waals surface area contributed by atoms with Crippen LogP contribution in [0.15, 0.2) is 41.3 Å². The molecule has 0 fully saturated rings. The van der Waals surface area contributed by atoms with E-state index in [-0.39, 0.29) is 15.6 Å². The lowest BCUT2D eigenvalue weighted by Gasteiger charge is -2.11. The summed E-state index contributed by atoms with van der Waals surface area (Å²) in [5.41, 5.74) is 1.34. The number of sulfonamides is 1. The molecule has 0 saturated carbocycles. The second-order valence-electron chi connectivity index (χ2n) is 4.32. The molecule has 0 saturated heterocycles. The maximum atomic E-state index is 12.3. The van der Waals surface area contributed by atoms with Gasteiger partial charge in [0.05, 0.1) is 27.2 Å². The van der Waals surface area contributed by atoms with E-state index in [9.17, 15) is 8.42 Å². The fraction of sp³-hybridized carbons (Fsp3) is 0.0714. The van der Waals surface area contributed by atoms with E-state index in [1.165, 1.54) is 30.3 Å². The summed E-state index contributed by atoms with van der Waals surface area (Å²) in [4.78, 5) is 0.0364. The van der Waals surface area contributed by atoms with Gasteiger partial charge in [-0.05, 0) is 48.9 Å². The summed E-state index contributed by atoms with van der Waals surface area (Å²) >= 11 is 12.0. The molecule has 0 unspecified atom stereocenters. The van der Waals surface area contributed by atoms with Crippen LogP contribution in [0.1, 0.15) is 11.1 Å². The Morgan fingerprint density at radius 2 is 1.71 bits per heavy atom. The van der Waals surface area contributed by atoms with Crippen LogP contribution in [0, 0.1) is 18.3 Å². The van der Waals surface area contributed by atoms with Crippen LogP contribution < -0.4 is 4.72 Å². The van der Waals surface area contributed by atoms with E-state index in [2.05, 4.69) is 4.72 Å². The minimum atomic E-state index is -3.79. The van der Waals surface area contributed by atoms with Gasteiger partial charge in [0.25, 0.3) is 10.0 Å². The molecule has 0 aromatic heterocycles. The number of nitrogens with zero attached hydrogens (tertiary/aromatic N) is 1. The van der Waals surface area contributed by atoms with Crippen molar-refractivity contribution in [1.29, 1.82) is 5.26 Å². The Hall–Kier alpha value is -1.74. The highest BCUT2D eigenvalue weighted by atomic mass is 35.5. The van der Waals surface area contributed by atoms with E-state index in [0.29, 0.717) is 10.6 Å². The normalized spacial score (nSPS) is 11.0. The van der Waals surface area contributed by atoms with Crippen molar-refractivity contribution >= 4 is 38.9 Å². The van der Waals surface area contributed by atoms with Gasteiger partial charge in [-0.1, -0.05) is 23.2 Å². The molecule has 4 nitrogen and oxygen atoms in total. The molecule has 21 heavy (non-hydrogen) atoms. The average Bonchev–Trinajstić information content (AvgIpc) is 2.44. The highest BCUT2D eigenvalue weighted by Gasteiger charge is 2.16. The fourth-order valence-electron chi connectivity index (χ4n) is 1.64. The van der Waals surface area contributed by atoms with Gasteiger partial charge in [0.2, 0.25) is 0 Å². The second-order valence-corrected chi connectivity index (χ2v) is 6.82. The number of halogens is 2. The number of hydrogen-bond acceptors (Lipinski definition) is 3. The van der Waals surface area contributed by atoms with Gasteiger partial charge < -0.3 is 0 Å². The monoisotopic (exact) mass is 340 g/mol. The van der Waals surface area contributed by atoms with Gasteiger partial charge in [-0.3, -0.25) is 4.72 Å². The van der Waals surface area contributed by atoms with Crippen LogP contribution in [0.5, 0.6) is 0 Å². The molecular formula is C14H10Cl2N2O2S. The third-order valence-electron chi connectivity index (χ3n) is 2.79. The van der Waals surface area contributed by atoms with E-state index >= 15 is 0 Å². The number of benzene rings is 2. The molecule has 7 heteroatoms. The van der Waals surface area contributed by atoms with Crippen molar-refractivity contribution in [2.45, 2.75) is 11.8 Å². The first-order chi connectivity index (χ1) is 9.83. The molecule has 0 aliphatic carbocycles. The predicted octanol–water partition coefficient (Wildman–Crippen LogP) is 3.97. The SMILES string of the molecule is Cc1cc(Cl)c(NS(=O)(=O)c2ccc(C#N)cc2)cc1Cl. The first kappa shape index (κ1) is 15.6. The first-order valence-electron chi connectivity index (χ1n) is 5.82. The molecular weight excluding hydrogens is 331 g/mol. The van der Waals surface area contributed by atoms with Gasteiger partial charge in [0.1, 0.15) is 0 Å². The van der Waals surface area contributed by atoms with Crippen molar-refractivity contribution in [2.75, 3.05) is 4.72 Å². The summed E-state index contributed by atoms with van der Waals surface area (Å²) in [6, 6.07) is 10.5. The summed E-state index contributed by atoms with van der Waals surface area (Å²) < 4.78 is 26.9. The Labute approximate surface area is 133 Å². The van der Waals surface area contributed by atoms with E-state index in [1.807, 2.05) is 6.07 Å². The summed E-state index contributed by atoms with van der Waals surface area (Å²) in [6.07, 6.45) is 0. The average molecular weight is 341 g/mol. The first-order valence-corrected chi connectivity index (χ1v) is 8.06. The van der Waals surface area contributed by atoms with Gasteiger partial charge in [-0.2, -0.15) is 5.26 Å². The Bertz CT molecular complexity index is 825. The topological polar surface area (TPSA) is 70.0 Å². The van der Waals surface area contributed by atoms with E-state index in [4.69, 9.17) is 28.5 Å². The molecule has 1 N–H and O–H groups in total. The molecule has 108 valence electrons. The number of anilines is 1. The van der Waals surface area contributed by atoms with Crippen molar-refractivity contribution in [3.63, 3.8) is 0 Å². The van der Waals surface area contributed by atoms with Crippen LogP contribution in [0.25, 0.3) is 0 Å². The second kappa shape index (κ2) is 5.94. The highest BCUT2D eigenvalue weighted by Crippen LogP contribution is 2.30. The molecule has 0 heterocycles. The summed E-state index contributed by atoms with van der Waals surface area (Å²) in [5, 5.41) is 9.38. The molecule has 0 radical (unpaired) electrons. The zero-order chi connectivity index (χ0) is 15.6. The molecule has 2 aromatic carbocycles. The van der Waals surface area contributed by atoms with Crippen molar-refractivity contribution in [2.24, 2.45) is 0 Å². The number of nitrogens with one attached hydrogen (secondary N) is 1. The number of hydrogen-bond donors (Lipinski definition) is 1. The lowest BCUT2D eigenvalue weighted by atomic mass is 10.2. The smallest absolute Gasteiger partial charge is 0.261 e. The van der Waals surface area contributed by atoms with Crippen LogP contribution in [0.3, 0.4) is 0 Å². The molecule has 0 spiro atoms. The minimum absolute atomic E-state index is 0.0364. The largest absolute Gasteiger partial charge is 0.278 e. The van der Waals surface area contributed by atoms with Crippen LogP contribution in [-0.4, -0.2) is 8.42 Å². The zero-order valence-electron chi connectivity index (χ0n) is 10.9. The predicted molar refractivity (Wildman–Crippen MR) is 83.2 cm³/mol. The fourth-order valence-corrected chi connectivity index (χ4v) is 3.19. The lowest BCUT2D eigenvalue weighted by Crippen LogP contribution is -2.13. The van der Waals surface area contributed by atoms with Crippen molar-refractivity contribution in [3.8, 4) is 6.07 Å². The van der Waals surface area contributed by atoms with Crippen LogP contribution in [0.4, 0.5) is 5.69 Å². The third-order valence-corrected chi connectivity index (χ3v) is 4.89. The van der Waals surface area contributed by atoms with Crippen molar-refractivity contribution < 1.29 is 8.42 Å². The Kier molecular flexibility index (Phi) is 4.43. The lowest BCUT2D eigenvalue weighted by molar-refractivity contribution is 0.601.